The normalized spacial score (nSPS) is 7.00. The Morgan fingerprint density at radius 1 is 1.38 bits per heavy atom. The largest absolute Gasteiger partial charge is 1.00 e. The first-order valence-electron chi connectivity index (χ1n) is 2.21. The van der Waals surface area contributed by atoms with E-state index in [1.165, 1.54) is 0 Å². The molecule has 0 aliphatic carbocycles. The summed E-state index contributed by atoms with van der Waals surface area (Å²) in [6, 6.07) is 0. The van der Waals surface area contributed by atoms with Gasteiger partial charge < -0.3 is 17.0 Å². The van der Waals surface area contributed by atoms with E-state index in [9.17, 15) is 0 Å². The lowest BCUT2D eigenvalue weighted by molar-refractivity contribution is -0.00000167. The maximum absolute atomic E-state index is 3.01. The Labute approximate surface area is 65.2 Å². The minimum atomic E-state index is 0. The van der Waals surface area contributed by atoms with E-state index in [1.54, 1.807) is 0 Å². The minimum Gasteiger partial charge on any atom is -1.00 e. The molecule has 0 aromatic rings. The first-order chi connectivity index (χ1) is 3.27. The van der Waals surface area contributed by atoms with E-state index in [0.717, 1.165) is 5.75 Å². The summed E-state index contributed by atoms with van der Waals surface area (Å²) in [4.78, 5) is 0. The Hall–Kier alpha value is 0.390. The molecule has 0 N–H and O–H groups in total. The van der Waals surface area contributed by atoms with Gasteiger partial charge in [0.2, 0.25) is 0 Å². The zero-order chi connectivity index (χ0) is 5.70. The van der Waals surface area contributed by atoms with Gasteiger partial charge in [0.15, 0.2) is 5.75 Å². The molecular formula is C6H11BrS. The summed E-state index contributed by atoms with van der Waals surface area (Å²) in [5.41, 5.74) is 0. The van der Waals surface area contributed by atoms with Crippen LogP contribution in [0.3, 0.4) is 0 Å². The van der Waals surface area contributed by atoms with Gasteiger partial charge in [-0.05, 0) is 23.7 Å². The van der Waals surface area contributed by atoms with Gasteiger partial charge in [-0.25, -0.2) is 0 Å². The topological polar surface area (TPSA) is 0 Å². The van der Waals surface area contributed by atoms with Crippen LogP contribution in [0.5, 0.6) is 0 Å². The Bertz CT molecular complexity index is 88.4. The van der Waals surface area contributed by atoms with Crippen molar-refractivity contribution in [1.82, 2.24) is 0 Å². The van der Waals surface area contributed by atoms with E-state index >= 15 is 0 Å². The molecule has 0 aliphatic heterocycles. The predicted molar refractivity (Wildman–Crippen MR) is 37.5 cm³/mol. The van der Waals surface area contributed by atoms with E-state index in [1.807, 2.05) is 6.92 Å². The van der Waals surface area contributed by atoms with E-state index in [-0.39, 0.29) is 17.0 Å². The third kappa shape index (κ3) is 9.63. The molecule has 0 aliphatic rings. The zero-order valence-electron chi connectivity index (χ0n) is 5.49. The summed E-state index contributed by atoms with van der Waals surface area (Å²) in [5, 5.41) is 0. The minimum absolute atomic E-state index is 0. The van der Waals surface area contributed by atoms with Crippen LogP contribution < -0.4 is 17.0 Å². The van der Waals surface area contributed by atoms with Gasteiger partial charge in [-0.15, -0.1) is 5.92 Å². The van der Waals surface area contributed by atoms with Crippen molar-refractivity contribution in [2.75, 3.05) is 18.3 Å². The summed E-state index contributed by atoms with van der Waals surface area (Å²) in [5.74, 6) is 6.93. The molecule has 8 heavy (non-hydrogen) atoms. The van der Waals surface area contributed by atoms with Crippen LogP contribution in [0, 0.1) is 11.8 Å². The van der Waals surface area contributed by atoms with Crippen molar-refractivity contribution in [2.45, 2.75) is 6.92 Å². The molecule has 0 aromatic carbocycles. The molecule has 0 rings (SSSR count). The van der Waals surface area contributed by atoms with Crippen molar-refractivity contribution < 1.29 is 17.0 Å². The third-order valence-corrected chi connectivity index (χ3v) is 1.26. The molecule has 0 unspecified atom stereocenters. The SMILES string of the molecule is CC#CC[S+](C)C.[Br-]. The van der Waals surface area contributed by atoms with Gasteiger partial charge in [-0.2, -0.15) is 0 Å². The van der Waals surface area contributed by atoms with Crippen molar-refractivity contribution in [2.24, 2.45) is 0 Å². The Morgan fingerprint density at radius 2 is 1.88 bits per heavy atom. The molecule has 48 valence electrons. The van der Waals surface area contributed by atoms with Crippen LogP contribution >= 0.6 is 0 Å². The molecule has 0 aromatic heterocycles. The summed E-state index contributed by atoms with van der Waals surface area (Å²) in [6.45, 7) is 1.88. The molecule has 0 saturated carbocycles. The van der Waals surface area contributed by atoms with Crippen LogP contribution in [0.15, 0.2) is 0 Å². The number of hydrogen-bond acceptors (Lipinski definition) is 0. The van der Waals surface area contributed by atoms with Crippen LogP contribution in [0.4, 0.5) is 0 Å². The second kappa shape index (κ2) is 7.39. The highest BCUT2D eigenvalue weighted by Gasteiger charge is 1.93. The first kappa shape index (κ1) is 11.2. The fraction of sp³-hybridized carbons (Fsp3) is 0.667. The number of halogens is 1. The van der Waals surface area contributed by atoms with E-state index in [0.29, 0.717) is 10.9 Å². The predicted octanol–water partition coefficient (Wildman–Crippen LogP) is -2.11. The van der Waals surface area contributed by atoms with Crippen LogP contribution in [0.25, 0.3) is 0 Å². The average Bonchev–Trinajstić information content (AvgIpc) is 1.61. The molecule has 0 atom stereocenters. The third-order valence-electron chi connectivity index (χ3n) is 0.538. The number of hydrogen-bond donors (Lipinski definition) is 0. The quantitative estimate of drug-likeness (QED) is 0.332. The molecule has 0 bridgehead atoms. The Balaban J connectivity index is 0. The molecule has 2 heteroatoms. The molecule has 0 saturated heterocycles. The molecule has 0 spiro atoms. The van der Waals surface area contributed by atoms with Crippen molar-refractivity contribution in [3.05, 3.63) is 0 Å². The van der Waals surface area contributed by atoms with Gasteiger partial charge in [0.05, 0.1) is 12.5 Å². The first-order valence-corrected chi connectivity index (χ1v) is 4.42. The zero-order valence-corrected chi connectivity index (χ0v) is 7.90. The van der Waals surface area contributed by atoms with Crippen molar-refractivity contribution in [3.63, 3.8) is 0 Å². The highest BCUT2D eigenvalue weighted by Crippen LogP contribution is 1.78. The van der Waals surface area contributed by atoms with Crippen LogP contribution in [0.1, 0.15) is 6.92 Å². The van der Waals surface area contributed by atoms with Crippen molar-refractivity contribution >= 4 is 10.9 Å². The monoisotopic (exact) mass is 194 g/mol. The second-order valence-electron chi connectivity index (χ2n) is 1.56. The lowest BCUT2D eigenvalue weighted by atomic mass is 10.7. The van der Waals surface area contributed by atoms with Crippen LogP contribution in [0.2, 0.25) is 0 Å². The van der Waals surface area contributed by atoms with E-state index in [2.05, 4.69) is 24.4 Å². The van der Waals surface area contributed by atoms with Gasteiger partial charge in [-0.1, -0.05) is 0 Å². The van der Waals surface area contributed by atoms with Gasteiger partial charge >= 0.3 is 0 Å². The second-order valence-corrected chi connectivity index (χ2v) is 3.82. The Morgan fingerprint density at radius 3 is 2.00 bits per heavy atom. The van der Waals surface area contributed by atoms with Gasteiger partial charge in [0.1, 0.15) is 0 Å². The van der Waals surface area contributed by atoms with Gasteiger partial charge in [0.25, 0.3) is 0 Å². The molecular weight excluding hydrogens is 184 g/mol. The standard InChI is InChI=1S/C6H11S.BrH/c1-4-5-6-7(2)3;/h6H2,1-3H3;1H/q+1;/p-1. The molecule has 0 amide bonds. The average molecular weight is 195 g/mol. The maximum atomic E-state index is 3.01. The number of rotatable bonds is 1. The molecule has 0 heterocycles. The van der Waals surface area contributed by atoms with Gasteiger partial charge in [0, 0.05) is 0 Å². The molecule has 0 nitrogen and oxygen atoms in total. The van der Waals surface area contributed by atoms with Crippen molar-refractivity contribution in [3.8, 4) is 11.8 Å². The lowest BCUT2D eigenvalue weighted by Crippen LogP contribution is -3.00. The lowest BCUT2D eigenvalue weighted by Gasteiger charge is -1.82. The summed E-state index contributed by atoms with van der Waals surface area (Å²) in [6.07, 6.45) is 4.40. The highest BCUT2D eigenvalue weighted by molar-refractivity contribution is 7.95. The highest BCUT2D eigenvalue weighted by atomic mass is 79.9. The fourth-order valence-corrected chi connectivity index (χ4v) is 0.650. The summed E-state index contributed by atoms with van der Waals surface area (Å²) in [7, 11) is 0.511. The van der Waals surface area contributed by atoms with Crippen LogP contribution in [-0.2, 0) is 10.9 Å². The fourth-order valence-electron chi connectivity index (χ4n) is 0.217. The van der Waals surface area contributed by atoms with Gasteiger partial charge in [-0.3, -0.25) is 0 Å². The van der Waals surface area contributed by atoms with E-state index < -0.39 is 0 Å². The van der Waals surface area contributed by atoms with Crippen molar-refractivity contribution in [1.29, 1.82) is 0 Å². The maximum Gasteiger partial charge on any atom is 0.167 e. The van der Waals surface area contributed by atoms with Crippen LogP contribution in [-0.4, -0.2) is 18.3 Å². The molecule has 0 fully saturated rings. The molecule has 0 radical (unpaired) electrons. The van der Waals surface area contributed by atoms with E-state index in [4.69, 9.17) is 0 Å². The summed E-state index contributed by atoms with van der Waals surface area (Å²) < 4.78 is 0. The smallest absolute Gasteiger partial charge is 0.167 e. The summed E-state index contributed by atoms with van der Waals surface area (Å²) >= 11 is 0. The Kier molecular flexibility index (Phi) is 10.4.